The molecule has 0 saturated carbocycles. The third-order valence-corrected chi connectivity index (χ3v) is 4.52. The number of rotatable bonds is 3. The zero-order valence-corrected chi connectivity index (χ0v) is 14.5. The van der Waals surface area contributed by atoms with Crippen LogP contribution in [-0.2, 0) is 16.2 Å². The molecule has 0 unspecified atom stereocenters. The minimum absolute atomic E-state index is 0.258. The number of carbonyl (C=O) groups excluding carboxylic acids is 1. The topological polar surface area (TPSA) is 60.0 Å². The van der Waals surface area contributed by atoms with Crippen molar-refractivity contribution in [2.75, 3.05) is 20.2 Å². The van der Waals surface area contributed by atoms with E-state index < -0.39 is 0 Å². The van der Waals surface area contributed by atoms with E-state index in [1.807, 2.05) is 30.3 Å². The Morgan fingerprint density at radius 1 is 1.35 bits per heavy atom. The van der Waals surface area contributed by atoms with Crippen LogP contribution in [0.15, 0.2) is 34.9 Å². The van der Waals surface area contributed by atoms with Crippen LogP contribution in [0, 0.1) is 0 Å². The van der Waals surface area contributed by atoms with Crippen molar-refractivity contribution in [2.24, 2.45) is 0 Å². The molecule has 1 saturated heterocycles. The molecule has 0 aliphatic carbocycles. The second-order valence-electron chi connectivity index (χ2n) is 5.65. The van der Waals surface area contributed by atoms with Gasteiger partial charge in [-0.05, 0) is 39.7 Å². The number of amides is 1. The van der Waals surface area contributed by atoms with Gasteiger partial charge in [0, 0.05) is 25.9 Å². The van der Waals surface area contributed by atoms with Crippen molar-refractivity contribution < 1.29 is 19.1 Å². The fraction of sp³-hybridized carbons (Fsp3) is 0.438. The highest BCUT2D eigenvalue weighted by Crippen LogP contribution is 2.33. The minimum atomic E-state index is -0.314. The van der Waals surface area contributed by atoms with Gasteiger partial charge in [0.2, 0.25) is 0 Å². The molecule has 124 valence electrons. The third kappa shape index (κ3) is 3.79. The van der Waals surface area contributed by atoms with Crippen LogP contribution in [0.2, 0.25) is 0 Å². The molecule has 0 atom stereocenters. The number of hydroxylamine groups is 1. The Morgan fingerprint density at radius 2 is 2.04 bits per heavy atom. The van der Waals surface area contributed by atoms with E-state index in [4.69, 9.17) is 14.3 Å². The first-order valence-electron chi connectivity index (χ1n) is 7.47. The summed E-state index contributed by atoms with van der Waals surface area (Å²) in [6, 6.07) is 7.47. The molecule has 2 heterocycles. The second-order valence-corrected chi connectivity index (χ2v) is 6.51. The van der Waals surface area contributed by atoms with E-state index in [-0.39, 0.29) is 18.3 Å². The number of piperidine rings is 1. The van der Waals surface area contributed by atoms with Crippen LogP contribution >= 0.6 is 15.9 Å². The van der Waals surface area contributed by atoms with Crippen molar-refractivity contribution in [1.29, 1.82) is 0 Å². The first kappa shape index (κ1) is 16.1. The molecule has 1 aromatic carbocycles. The first-order chi connectivity index (χ1) is 11.1. The Bertz CT molecular complexity index is 595. The molecule has 1 N–H and O–H groups in total. The normalized spacial score (nSPS) is 19.2. The fourth-order valence-electron chi connectivity index (χ4n) is 2.71. The molecule has 1 fully saturated rings. The molecule has 6 nitrogen and oxygen atoms in total. The lowest BCUT2D eigenvalue weighted by atomic mass is 9.92. The van der Waals surface area contributed by atoms with Crippen LogP contribution in [-0.4, -0.2) is 36.8 Å². The Morgan fingerprint density at radius 3 is 2.61 bits per heavy atom. The number of hydrogen-bond acceptors (Lipinski definition) is 5. The summed E-state index contributed by atoms with van der Waals surface area (Å²) in [5.41, 5.74) is 3.43. The maximum Gasteiger partial charge on any atom is 0.410 e. The first-order valence-corrected chi connectivity index (χ1v) is 8.26. The van der Waals surface area contributed by atoms with Crippen LogP contribution in [0.25, 0.3) is 0 Å². The van der Waals surface area contributed by atoms with E-state index >= 15 is 0 Å². The molecule has 1 spiro atoms. The van der Waals surface area contributed by atoms with E-state index in [1.54, 1.807) is 12.0 Å². The molecule has 1 aromatic rings. The van der Waals surface area contributed by atoms with Gasteiger partial charge in [0.1, 0.15) is 22.6 Å². The van der Waals surface area contributed by atoms with Crippen molar-refractivity contribution >= 4 is 22.0 Å². The van der Waals surface area contributed by atoms with E-state index in [0.29, 0.717) is 13.1 Å². The molecular formula is C16H19BrN2O4. The number of carbonyl (C=O) groups is 1. The molecule has 0 aromatic heterocycles. The van der Waals surface area contributed by atoms with E-state index in [9.17, 15) is 4.79 Å². The number of ether oxygens (including phenoxy) is 2. The maximum atomic E-state index is 12.2. The maximum absolute atomic E-state index is 12.2. The van der Waals surface area contributed by atoms with Gasteiger partial charge in [0.05, 0.1) is 7.11 Å². The van der Waals surface area contributed by atoms with Crippen molar-refractivity contribution in [3.8, 4) is 5.75 Å². The number of nitrogens with zero attached hydrogens (tertiary/aromatic N) is 1. The molecule has 1 amide bonds. The lowest BCUT2D eigenvalue weighted by Crippen LogP contribution is -2.46. The van der Waals surface area contributed by atoms with E-state index in [2.05, 4.69) is 21.4 Å². The van der Waals surface area contributed by atoms with Crippen LogP contribution in [0.4, 0.5) is 4.79 Å². The second kappa shape index (κ2) is 6.80. The zero-order valence-electron chi connectivity index (χ0n) is 12.9. The molecule has 0 radical (unpaired) electrons. The van der Waals surface area contributed by atoms with Gasteiger partial charge in [-0.15, -0.1) is 0 Å². The summed E-state index contributed by atoms with van der Waals surface area (Å²) in [6.45, 7) is 1.48. The zero-order chi connectivity index (χ0) is 16.3. The standard InChI is InChI=1S/C16H19BrN2O4/c1-21-13-4-2-12(3-5-13)11-22-15(20)19-8-6-16(7-9-19)10-14(17)18-23-16/h2-5,10,18H,6-9,11H2,1H3. The van der Waals surface area contributed by atoms with E-state index in [1.165, 1.54) is 0 Å². The minimum Gasteiger partial charge on any atom is -0.497 e. The number of likely N-dealkylation sites (tertiary alicyclic amines) is 1. The predicted molar refractivity (Wildman–Crippen MR) is 87.9 cm³/mol. The Balaban J connectivity index is 1.48. The molecular weight excluding hydrogens is 364 g/mol. The quantitative estimate of drug-likeness (QED) is 0.814. The summed E-state index contributed by atoms with van der Waals surface area (Å²) in [5.74, 6) is 0.783. The van der Waals surface area contributed by atoms with Gasteiger partial charge < -0.3 is 14.4 Å². The van der Waals surface area contributed by atoms with Gasteiger partial charge in [-0.1, -0.05) is 12.1 Å². The van der Waals surface area contributed by atoms with Gasteiger partial charge in [0.25, 0.3) is 0 Å². The number of hydrogen-bond donors (Lipinski definition) is 1. The summed E-state index contributed by atoms with van der Waals surface area (Å²) in [5, 5.41) is 0. The van der Waals surface area contributed by atoms with Crippen LogP contribution in [0.1, 0.15) is 18.4 Å². The fourth-order valence-corrected chi connectivity index (χ4v) is 3.21. The number of nitrogens with one attached hydrogen (secondary N) is 1. The molecule has 7 heteroatoms. The number of benzene rings is 1. The Labute approximate surface area is 143 Å². The Hall–Kier alpha value is -1.73. The average Bonchev–Trinajstić information content (AvgIpc) is 2.94. The SMILES string of the molecule is COc1ccc(COC(=O)N2CCC3(C=C(Br)NO3)CC2)cc1. The average molecular weight is 383 g/mol. The van der Waals surface area contributed by atoms with Crippen LogP contribution < -0.4 is 10.2 Å². The summed E-state index contributed by atoms with van der Waals surface area (Å²) in [4.78, 5) is 19.5. The van der Waals surface area contributed by atoms with Crippen LogP contribution in [0.5, 0.6) is 5.75 Å². The van der Waals surface area contributed by atoms with Gasteiger partial charge in [-0.3, -0.25) is 10.3 Å². The smallest absolute Gasteiger partial charge is 0.410 e. The highest BCUT2D eigenvalue weighted by molar-refractivity contribution is 9.11. The molecule has 2 aliphatic rings. The number of halogens is 1. The summed E-state index contributed by atoms with van der Waals surface area (Å²) >= 11 is 3.36. The molecule has 0 bridgehead atoms. The van der Waals surface area contributed by atoms with Gasteiger partial charge >= 0.3 is 6.09 Å². The molecule has 3 rings (SSSR count). The van der Waals surface area contributed by atoms with Gasteiger partial charge in [-0.25, -0.2) is 4.79 Å². The summed E-state index contributed by atoms with van der Waals surface area (Å²) < 4.78 is 11.3. The van der Waals surface area contributed by atoms with Crippen molar-refractivity contribution in [3.63, 3.8) is 0 Å². The summed E-state index contributed by atoms with van der Waals surface area (Å²) in [6.07, 6.45) is 3.22. The van der Waals surface area contributed by atoms with Crippen molar-refractivity contribution in [2.45, 2.75) is 25.0 Å². The Kier molecular flexibility index (Phi) is 4.77. The van der Waals surface area contributed by atoms with Crippen molar-refractivity contribution in [3.05, 3.63) is 40.5 Å². The van der Waals surface area contributed by atoms with E-state index in [0.717, 1.165) is 28.8 Å². The number of methoxy groups -OCH3 is 1. The highest BCUT2D eigenvalue weighted by Gasteiger charge is 2.39. The van der Waals surface area contributed by atoms with Crippen molar-refractivity contribution in [1.82, 2.24) is 10.4 Å². The third-order valence-electron chi connectivity index (χ3n) is 4.13. The lowest BCUT2D eigenvalue weighted by Gasteiger charge is -2.35. The van der Waals surface area contributed by atoms with Gasteiger partial charge in [0.15, 0.2) is 0 Å². The predicted octanol–water partition coefficient (Wildman–Crippen LogP) is 2.94. The molecule has 23 heavy (non-hydrogen) atoms. The largest absolute Gasteiger partial charge is 0.497 e. The molecule has 2 aliphatic heterocycles. The highest BCUT2D eigenvalue weighted by atomic mass is 79.9. The lowest BCUT2D eigenvalue weighted by molar-refractivity contribution is -0.0701. The monoisotopic (exact) mass is 382 g/mol. The summed E-state index contributed by atoms with van der Waals surface area (Å²) in [7, 11) is 1.62. The van der Waals surface area contributed by atoms with Gasteiger partial charge in [-0.2, -0.15) is 0 Å². The van der Waals surface area contributed by atoms with Crippen LogP contribution in [0.3, 0.4) is 0 Å².